The highest BCUT2D eigenvalue weighted by atomic mass is 16.5. The van der Waals surface area contributed by atoms with Crippen molar-refractivity contribution in [3.8, 4) is 5.75 Å². The molecule has 0 fully saturated rings. The van der Waals surface area contributed by atoms with E-state index in [4.69, 9.17) is 4.74 Å². The van der Waals surface area contributed by atoms with Crippen LogP contribution < -0.4 is 4.74 Å². The van der Waals surface area contributed by atoms with Crippen LogP contribution in [-0.4, -0.2) is 6.61 Å². The van der Waals surface area contributed by atoms with Crippen molar-refractivity contribution in [3.05, 3.63) is 77.9 Å². The van der Waals surface area contributed by atoms with Crippen molar-refractivity contribution in [1.82, 2.24) is 0 Å². The zero-order valence-corrected chi connectivity index (χ0v) is 11.3. The molecule has 1 aliphatic heterocycles. The van der Waals surface area contributed by atoms with E-state index in [9.17, 15) is 0 Å². The van der Waals surface area contributed by atoms with E-state index in [1.54, 1.807) is 0 Å². The fourth-order valence-corrected chi connectivity index (χ4v) is 3.16. The minimum Gasteiger partial charge on any atom is -0.493 e. The Morgan fingerprint density at radius 3 is 2.50 bits per heavy atom. The van der Waals surface area contributed by atoms with Gasteiger partial charge in [0.25, 0.3) is 0 Å². The van der Waals surface area contributed by atoms with Gasteiger partial charge in [-0.3, -0.25) is 0 Å². The van der Waals surface area contributed by atoms with Crippen LogP contribution in [0.5, 0.6) is 5.75 Å². The van der Waals surface area contributed by atoms with Crippen molar-refractivity contribution in [2.75, 3.05) is 6.61 Å². The summed E-state index contributed by atoms with van der Waals surface area (Å²) in [6.45, 7) is 0.792. The zero-order valence-electron chi connectivity index (χ0n) is 11.3. The Morgan fingerprint density at radius 1 is 0.800 bits per heavy atom. The molecule has 0 saturated carbocycles. The largest absolute Gasteiger partial charge is 0.493 e. The van der Waals surface area contributed by atoms with Gasteiger partial charge in [-0.1, -0.05) is 66.7 Å². The van der Waals surface area contributed by atoms with Crippen LogP contribution in [-0.2, 0) is 0 Å². The van der Waals surface area contributed by atoms with Crippen LogP contribution in [0.4, 0.5) is 0 Å². The second kappa shape index (κ2) is 4.68. The molecule has 4 rings (SSSR count). The molecule has 3 aromatic carbocycles. The number of ether oxygens (including phenoxy) is 1. The summed E-state index contributed by atoms with van der Waals surface area (Å²) in [5, 5.41) is 2.48. The average molecular weight is 260 g/mol. The maximum absolute atomic E-state index is 5.99. The van der Waals surface area contributed by atoms with Crippen molar-refractivity contribution < 1.29 is 4.74 Å². The fourth-order valence-electron chi connectivity index (χ4n) is 3.16. The molecule has 1 heterocycles. The molecule has 0 N–H and O–H groups in total. The lowest BCUT2D eigenvalue weighted by Crippen LogP contribution is -2.15. The predicted octanol–water partition coefficient (Wildman–Crippen LogP) is 4.75. The predicted molar refractivity (Wildman–Crippen MR) is 82.3 cm³/mol. The van der Waals surface area contributed by atoms with Gasteiger partial charge in [0, 0.05) is 16.9 Å². The van der Waals surface area contributed by atoms with Crippen LogP contribution >= 0.6 is 0 Å². The third-order valence-electron chi connectivity index (χ3n) is 4.14. The molecule has 0 radical (unpaired) electrons. The summed E-state index contributed by atoms with van der Waals surface area (Å²) in [7, 11) is 0. The number of hydrogen-bond donors (Lipinski definition) is 0. The van der Waals surface area contributed by atoms with Gasteiger partial charge in [0.05, 0.1) is 6.61 Å². The van der Waals surface area contributed by atoms with E-state index in [-0.39, 0.29) is 0 Å². The monoisotopic (exact) mass is 260 g/mol. The van der Waals surface area contributed by atoms with Crippen molar-refractivity contribution in [2.24, 2.45) is 0 Å². The van der Waals surface area contributed by atoms with Gasteiger partial charge >= 0.3 is 0 Å². The van der Waals surface area contributed by atoms with E-state index in [0.29, 0.717) is 5.92 Å². The van der Waals surface area contributed by atoms with Gasteiger partial charge in [0.15, 0.2) is 0 Å². The highest BCUT2D eigenvalue weighted by Crippen LogP contribution is 2.41. The van der Waals surface area contributed by atoms with E-state index in [1.807, 2.05) is 0 Å². The van der Waals surface area contributed by atoms with Gasteiger partial charge in [-0.2, -0.15) is 0 Å². The average Bonchev–Trinajstić information content (AvgIpc) is 2.55. The van der Waals surface area contributed by atoms with Crippen LogP contribution in [0.1, 0.15) is 23.5 Å². The number of benzene rings is 3. The Balaban J connectivity index is 1.92. The van der Waals surface area contributed by atoms with Crippen molar-refractivity contribution >= 4 is 10.8 Å². The molecule has 0 spiro atoms. The lowest BCUT2D eigenvalue weighted by atomic mass is 9.85. The molecule has 1 aliphatic rings. The van der Waals surface area contributed by atoms with Gasteiger partial charge < -0.3 is 4.74 Å². The summed E-state index contributed by atoms with van der Waals surface area (Å²) in [6, 6.07) is 23.6. The third-order valence-corrected chi connectivity index (χ3v) is 4.14. The molecular formula is C19H16O. The van der Waals surface area contributed by atoms with Gasteiger partial charge in [-0.25, -0.2) is 0 Å². The summed E-state index contributed by atoms with van der Waals surface area (Å²) >= 11 is 0. The minimum absolute atomic E-state index is 0.449. The van der Waals surface area contributed by atoms with Crippen LogP contribution in [0.3, 0.4) is 0 Å². The Kier molecular flexibility index (Phi) is 2.70. The Bertz CT molecular complexity index is 746. The van der Waals surface area contributed by atoms with Gasteiger partial charge in [-0.15, -0.1) is 0 Å². The Labute approximate surface area is 118 Å². The first-order valence-electron chi connectivity index (χ1n) is 7.13. The maximum atomic E-state index is 5.99. The maximum Gasteiger partial charge on any atom is 0.130 e. The smallest absolute Gasteiger partial charge is 0.130 e. The van der Waals surface area contributed by atoms with Gasteiger partial charge in [0.2, 0.25) is 0 Å². The summed E-state index contributed by atoms with van der Waals surface area (Å²) in [6.07, 6.45) is 1.05. The molecule has 0 aromatic heterocycles. The molecule has 1 nitrogen and oxygen atoms in total. The molecule has 0 aliphatic carbocycles. The Hall–Kier alpha value is -2.28. The second-order valence-electron chi connectivity index (χ2n) is 5.31. The lowest BCUT2D eigenvalue weighted by molar-refractivity contribution is 0.280. The molecule has 0 bridgehead atoms. The standard InChI is InChI=1S/C19H16O/c1-2-6-14(7-3-1)16-12-13-20-19-17-9-5-4-8-15(17)10-11-18(16)19/h1-11,16H,12-13H2. The molecule has 1 heteroatoms. The first-order valence-corrected chi connectivity index (χ1v) is 7.13. The highest BCUT2D eigenvalue weighted by Gasteiger charge is 2.24. The second-order valence-corrected chi connectivity index (χ2v) is 5.31. The van der Waals surface area contributed by atoms with Gasteiger partial charge in [-0.05, 0) is 17.4 Å². The highest BCUT2D eigenvalue weighted by molar-refractivity contribution is 5.90. The molecule has 0 saturated heterocycles. The van der Waals surface area contributed by atoms with E-state index < -0.39 is 0 Å². The topological polar surface area (TPSA) is 9.23 Å². The minimum atomic E-state index is 0.449. The third kappa shape index (κ3) is 1.78. The first kappa shape index (κ1) is 11.5. The molecule has 1 unspecified atom stereocenters. The van der Waals surface area contributed by atoms with Crippen LogP contribution in [0, 0.1) is 0 Å². The fraction of sp³-hybridized carbons (Fsp3) is 0.158. The van der Waals surface area contributed by atoms with Gasteiger partial charge in [0.1, 0.15) is 5.75 Å². The molecule has 20 heavy (non-hydrogen) atoms. The summed E-state index contributed by atoms with van der Waals surface area (Å²) in [4.78, 5) is 0. The number of fused-ring (bicyclic) bond motifs is 3. The molecule has 1 atom stereocenters. The van der Waals surface area contributed by atoms with E-state index in [2.05, 4.69) is 66.7 Å². The molecule has 0 amide bonds. The van der Waals surface area contributed by atoms with E-state index in [1.165, 1.54) is 21.9 Å². The van der Waals surface area contributed by atoms with E-state index >= 15 is 0 Å². The molecule has 98 valence electrons. The molecular weight excluding hydrogens is 244 g/mol. The summed E-state index contributed by atoms with van der Waals surface area (Å²) in [5.74, 6) is 1.52. The lowest BCUT2D eigenvalue weighted by Gasteiger charge is -2.27. The quantitative estimate of drug-likeness (QED) is 0.613. The summed E-state index contributed by atoms with van der Waals surface area (Å²) < 4.78 is 5.99. The van der Waals surface area contributed by atoms with E-state index in [0.717, 1.165) is 18.8 Å². The van der Waals surface area contributed by atoms with Crippen LogP contribution in [0.15, 0.2) is 66.7 Å². The van der Waals surface area contributed by atoms with Crippen LogP contribution in [0.2, 0.25) is 0 Å². The van der Waals surface area contributed by atoms with Crippen molar-refractivity contribution in [2.45, 2.75) is 12.3 Å². The normalized spacial score (nSPS) is 17.5. The van der Waals surface area contributed by atoms with Crippen molar-refractivity contribution in [1.29, 1.82) is 0 Å². The molecule has 3 aromatic rings. The summed E-state index contributed by atoms with van der Waals surface area (Å²) in [5.41, 5.74) is 2.70. The SMILES string of the molecule is c1ccc(C2CCOc3c2ccc2ccccc32)cc1. The first-order chi connectivity index (χ1) is 9.93. The number of hydrogen-bond acceptors (Lipinski definition) is 1. The van der Waals surface area contributed by atoms with Crippen LogP contribution in [0.25, 0.3) is 10.8 Å². The van der Waals surface area contributed by atoms with Crippen molar-refractivity contribution in [3.63, 3.8) is 0 Å². The Morgan fingerprint density at radius 2 is 1.60 bits per heavy atom. The zero-order chi connectivity index (χ0) is 13.4. The number of rotatable bonds is 1.